The van der Waals surface area contributed by atoms with Gasteiger partial charge in [-0.25, -0.2) is 0 Å². The number of para-hydroxylation sites is 1. The van der Waals surface area contributed by atoms with E-state index < -0.39 is 0 Å². The first-order valence-electron chi connectivity index (χ1n) is 10.3. The predicted octanol–water partition coefficient (Wildman–Crippen LogP) is 5.65. The van der Waals surface area contributed by atoms with Crippen molar-refractivity contribution in [3.63, 3.8) is 0 Å². The van der Waals surface area contributed by atoms with E-state index in [4.69, 9.17) is 12.2 Å². The number of thioether (sulfide) groups is 1. The molecule has 3 rings (SSSR count). The van der Waals surface area contributed by atoms with Crippen molar-refractivity contribution < 1.29 is 9.59 Å². The number of nitrogens with one attached hydrogen (secondary N) is 1. The molecule has 0 unspecified atom stereocenters. The number of nitrogens with zero attached hydrogens (tertiary/aromatic N) is 1. The van der Waals surface area contributed by atoms with Gasteiger partial charge in [-0.05, 0) is 42.5 Å². The molecule has 0 radical (unpaired) electrons. The highest BCUT2D eigenvalue weighted by Gasteiger charge is 2.31. The molecule has 4 nitrogen and oxygen atoms in total. The van der Waals surface area contributed by atoms with Gasteiger partial charge in [0.25, 0.3) is 5.91 Å². The molecule has 1 aliphatic heterocycles. The maximum atomic E-state index is 12.6. The molecule has 2 aromatic carbocycles. The van der Waals surface area contributed by atoms with E-state index in [1.54, 1.807) is 4.90 Å². The van der Waals surface area contributed by atoms with E-state index >= 15 is 0 Å². The Kier molecular flexibility index (Phi) is 8.22. The van der Waals surface area contributed by atoms with E-state index in [1.807, 2.05) is 60.7 Å². The number of unbranched alkanes of at least 4 members (excludes halogenated alkanes) is 2. The first-order chi connectivity index (χ1) is 14.6. The van der Waals surface area contributed by atoms with Crippen molar-refractivity contribution >= 4 is 51.9 Å². The van der Waals surface area contributed by atoms with Crippen molar-refractivity contribution in [3.8, 4) is 0 Å². The minimum atomic E-state index is -0.0252. The summed E-state index contributed by atoms with van der Waals surface area (Å²) in [4.78, 5) is 27.2. The molecule has 0 aliphatic carbocycles. The van der Waals surface area contributed by atoms with Crippen LogP contribution in [0.25, 0.3) is 6.08 Å². The van der Waals surface area contributed by atoms with Crippen molar-refractivity contribution in [2.24, 2.45) is 0 Å². The van der Waals surface area contributed by atoms with Gasteiger partial charge in [0.1, 0.15) is 4.32 Å². The summed E-state index contributed by atoms with van der Waals surface area (Å²) in [5, 5.41) is 3.00. The zero-order valence-electron chi connectivity index (χ0n) is 17.1. The summed E-state index contributed by atoms with van der Waals surface area (Å²) in [7, 11) is 0. The average molecular weight is 439 g/mol. The van der Waals surface area contributed by atoms with E-state index in [9.17, 15) is 9.59 Å². The highest BCUT2D eigenvalue weighted by atomic mass is 32.2. The zero-order chi connectivity index (χ0) is 21.3. The van der Waals surface area contributed by atoms with Gasteiger partial charge < -0.3 is 5.32 Å². The van der Waals surface area contributed by atoms with E-state index in [1.165, 1.54) is 11.8 Å². The number of hydrogen-bond donors (Lipinski definition) is 1. The number of carbonyl (C=O) groups is 2. The molecule has 0 aromatic heterocycles. The quantitative estimate of drug-likeness (QED) is 0.312. The molecular formula is C24H26N2O2S2. The van der Waals surface area contributed by atoms with Gasteiger partial charge in [-0.3, -0.25) is 14.5 Å². The van der Waals surface area contributed by atoms with Crippen LogP contribution in [0.3, 0.4) is 0 Å². The molecule has 1 fully saturated rings. The summed E-state index contributed by atoms with van der Waals surface area (Å²) < 4.78 is 0.607. The Morgan fingerprint density at radius 2 is 1.80 bits per heavy atom. The Morgan fingerprint density at radius 1 is 1.07 bits per heavy atom. The topological polar surface area (TPSA) is 49.4 Å². The number of thiocarbonyl (C=S) groups is 1. The Hall–Kier alpha value is -2.44. The molecule has 30 heavy (non-hydrogen) atoms. The molecule has 1 aliphatic rings. The second-order valence-electron chi connectivity index (χ2n) is 7.11. The first-order valence-corrected chi connectivity index (χ1v) is 11.5. The lowest BCUT2D eigenvalue weighted by atomic mass is 10.1. The fourth-order valence-corrected chi connectivity index (χ4v) is 4.60. The SMILES string of the molecule is CCc1ccccc1NC(=O)CCCCCN1C(=O)C(=Cc2ccccc2)SC1=S. The molecule has 2 aromatic rings. The Bertz CT molecular complexity index is 941. The molecule has 0 spiro atoms. The van der Waals surface area contributed by atoms with E-state index in [0.29, 0.717) is 22.2 Å². The highest BCUT2D eigenvalue weighted by Crippen LogP contribution is 2.32. The van der Waals surface area contributed by atoms with Crippen LogP contribution >= 0.6 is 24.0 Å². The minimum Gasteiger partial charge on any atom is -0.326 e. The lowest BCUT2D eigenvalue weighted by molar-refractivity contribution is -0.122. The maximum absolute atomic E-state index is 12.6. The molecular weight excluding hydrogens is 412 g/mol. The van der Waals surface area contributed by atoms with Crippen LogP contribution in [0.5, 0.6) is 0 Å². The van der Waals surface area contributed by atoms with Gasteiger partial charge in [0.05, 0.1) is 4.91 Å². The second kappa shape index (κ2) is 11.1. The third-order valence-corrected chi connectivity index (χ3v) is 6.31. The van der Waals surface area contributed by atoms with Crippen LogP contribution in [0.15, 0.2) is 59.5 Å². The van der Waals surface area contributed by atoms with Crippen molar-refractivity contribution in [2.75, 3.05) is 11.9 Å². The standard InChI is InChI=1S/C24H26N2O2S2/c1-2-19-13-8-9-14-20(19)25-22(27)15-7-4-10-16-26-23(28)21(30-24(26)29)17-18-11-5-3-6-12-18/h3,5-6,8-9,11-14,17H,2,4,7,10,15-16H2,1H3,(H,25,27). The van der Waals surface area contributed by atoms with Gasteiger partial charge in [-0.2, -0.15) is 0 Å². The molecule has 6 heteroatoms. The third-order valence-electron chi connectivity index (χ3n) is 4.93. The average Bonchev–Trinajstić information content (AvgIpc) is 3.01. The Morgan fingerprint density at radius 3 is 2.57 bits per heavy atom. The van der Waals surface area contributed by atoms with E-state index in [-0.39, 0.29) is 11.8 Å². The molecule has 1 N–H and O–H groups in total. The van der Waals surface area contributed by atoms with E-state index in [0.717, 1.165) is 42.5 Å². The molecule has 1 heterocycles. The first kappa shape index (κ1) is 22.2. The number of rotatable bonds is 9. The summed E-state index contributed by atoms with van der Waals surface area (Å²) in [6.45, 7) is 2.67. The number of amides is 2. The molecule has 156 valence electrons. The predicted molar refractivity (Wildman–Crippen MR) is 129 cm³/mol. The Labute approximate surface area is 187 Å². The van der Waals surface area contributed by atoms with Crippen LogP contribution in [-0.2, 0) is 16.0 Å². The lowest BCUT2D eigenvalue weighted by Gasteiger charge is -2.14. The van der Waals surface area contributed by atoms with Crippen molar-refractivity contribution in [2.45, 2.75) is 39.0 Å². The Balaban J connectivity index is 1.41. The fraction of sp³-hybridized carbons (Fsp3) is 0.292. The number of hydrogen-bond acceptors (Lipinski definition) is 4. The number of carbonyl (C=O) groups excluding carboxylic acids is 2. The van der Waals surface area contributed by atoms with Crippen LogP contribution in [-0.4, -0.2) is 27.6 Å². The lowest BCUT2D eigenvalue weighted by Crippen LogP contribution is -2.29. The summed E-state index contributed by atoms with van der Waals surface area (Å²) in [5.41, 5.74) is 3.03. The summed E-state index contributed by atoms with van der Waals surface area (Å²) in [6, 6.07) is 17.7. The smallest absolute Gasteiger partial charge is 0.266 e. The second-order valence-corrected chi connectivity index (χ2v) is 8.79. The van der Waals surface area contributed by atoms with Crippen LogP contribution in [0.1, 0.15) is 43.7 Å². The number of aryl methyl sites for hydroxylation is 1. The van der Waals surface area contributed by atoms with Gasteiger partial charge in [0.2, 0.25) is 5.91 Å². The summed E-state index contributed by atoms with van der Waals surface area (Å²) in [6.07, 6.45) is 5.73. The van der Waals surface area contributed by atoms with Gasteiger partial charge in [0, 0.05) is 18.7 Å². The molecule has 0 atom stereocenters. The monoisotopic (exact) mass is 438 g/mol. The number of anilines is 1. The zero-order valence-corrected chi connectivity index (χ0v) is 18.7. The molecule has 0 saturated carbocycles. The minimum absolute atomic E-state index is 0.0252. The van der Waals surface area contributed by atoms with Crippen LogP contribution < -0.4 is 5.32 Å². The molecule has 2 amide bonds. The largest absolute Gasteiger partial charge is 0.326 e. The fourth-order valence-electron chi connectivity index (χ4n) is 3.29. The van der Waals surface area contributed by atoms with Gasteiger partial charge in [-0.15, -0.1) is 0 Å². The molecule has 1 saturated heterocycles. The van der Waals surface area contributed by atoms with Crippen LogP contribution in [0.4, 0.5) is 5.69 Å². The maximum Gasteiger partial charge on any atom is 0.266 e. The van der Waals surface area contributed by atoms with Gasteiger partial charge in [0.15, 0.2) is 0 Å². The highest BCUT2D eigenvalue weighted by molar-refractivity contribution is 8.26. The van der Waals surface area contributed by atoms with E-state index in [2.05, 4.69) is 12.2 Å². The van der Waals surface area contributed by atoms with Crippen LogP contribution in [0, 0.1) is 0 Å². The van der Waals surface area contributed by atoms with Gasteiger partial charge in [-0.1, -0.05) is 85.9 Å². The van der Waals surface area contributed by atoms with Crippen molar-refractivity contribution in [1.29, 1.82) is 0 Å². The number of benzene rings is 2. The summed E-state index contributed by atoms with van der Waals surface area (Å²) >= 11 is 6.74. The van der Waals surface area contributed by atoms with Crippen LogP contribution in [0.2, 0.25) is 0 Å². The molecule has 0 bridgehead atoms. The third kappa shape index (κ3) is 6.03. The summed E-state index contributed by atoms with van der Waals surface area (Å²) in [5.74, 6) is 0.00933. The van der Waals surface area contributed by atoms with Gasteiger partial charge >= 0.3 is 0 Å². The normalized spacial score (nSPS) is 15.1. The van der Waals surface area contributed by atoms with Crippen molar-refractivity contribution in [1.82, 2.24) is 4.90 Å². The van der Waals surface area contributed by atoms with Crippen molar-refractivity contribution in [3.05, 3.63) is 70.6 Å².